The number of hydrogen-bond donors (Lipinski definition) is 1. The maximum absolute atomic E-state index is 6.43. The molecule has 0 radical (unpaired) electrons. The van der Waals surface area contributed by atoms with Gasteiger partial charge in [0.1, 0.15) is 11.5 Å². The minimum absolute atomic E-state index is 0.125. The number of aromatic nitrogens is 1. The maximum atomic E-state index is 6.43. The van der Waals surface area contributed by atoms with Crippen LogP contribution >= 0.6 is 0 Å². The first-order valence-corrected chi connectivity index (χ1v) is 13.4. The molecular weight excluding hydrogens is 476 g/mol. The molecule has 38 heavy (non-hydrogen) atoms. The summed E-state index contributed by atoms with van der Waals surface area (Å²) in [5, 5.41) is 5.84. The molecule has 1 fully saturated rings. The average Bonchev–Trinajstić information content (AvgIpc) is 2.98. The van der Waals surface area contributed by atoms with Gasteiger partial charge in [-0.25, -0.2) is 0 Å². The number of ether oxygens (including phenoxy) is 4. The van der Waals surface area contributed by atoms with Crippen molar-refractivity contribution in [2.24, 2.45) is 0 Å². The van der Waals surface area contributed by atoms with E-state index < -0.39 is 0 Å². The number of nitrogens with zero attached hydrogens (tertiary/aromatic N) is 1. The molecule has 1 aliphatic heterocycles. The van der Waals surface area contributed by atoms with Crippen LogP contribution in [0.15, 0.2) is 85.2 Å². The zero-order chi connectivity index (χ0) is 26.0. The van der Waals surface area contributed by atoms with Gasteiger partial charge in [-0.15, -0.1) is 0 Å². The predicted molar refractivity (Wildman–Crippen MR) is 150 cm³/mol. The number of benzene rings is 3. The monoisotopic (exact) mass is 512 g/mol. The fourth-order valence-corrected chi connectivity index (χ4v) is 4.98. The van der Waals surface area contributed by atoms with E-state index in [9.17, 15) is 0 Å². The quantitative estimate of drug-likeness (QED) is 0.239. The van der Waals surface area contributed by atoms with E-state index in [0.717, 1.165) is 48.4 Å². The predicted octanol–water partition coefficient (Wildman–Crippen LogP) is 5.89. The summed E-state index contributed by atoms with van der Waals surface area (Å²) >= 11 is 0. The molecule has 1 aliphatic rings. The summed E-state index contributed by atoms with van der Waals surface area (Å²) in [6.07, 6.45) is 5.73. The van der Waals surface area contributed by atoms with Gasteiger partial charge in [0.05, 0.1) is 39.6 Å². The van der Waals surface area contributed by atoms with Crippen LogP contribution in [-0.4, -0.2) is 44.5 Å². The highest BCUT2D eigenvalue weighted by Gasteiger charge is 2.27. The largest absolute Gasteiger partial charge is 0.496 e. The Morgan fingerprint density at radius 3 is 2.71 bits per heavy atom. The number of methoxy groups -OCH3 is 1. The Labute approximate surface area is 224 Å². The lowest BCUT2D eigenvalue weighted by Crippen LogP contribution is -2.40. The first-order chi connectivity index (χ1) is 18.8. The third-order valence-corrected chi connectivity index (χ3v) is 7.06. The molecule has 1 aromatic heterocycles. The summed E-state index contributed by atoms with van der Waals surface area (Å²) in [5.41, 5.74) is 3.53. The van der Waals surface area contributed by atoms with Gasteiger partial charge >= 0.3 is 0 Å². The smallest absolute Gasteiger partial charge is 0.124 e. The Hall–Kier alpha value is -3.45. The number of pyridine rings is 1. The maximum Gasteiger partial charge on any atom is 0.124 e. The van der Waals surface area contributed by atoms with Gasteiger partial charge in [-0.3, -0.25) is 4.98 Å². The van der Waals surface area contributed by atoms with Crippen molar-refractivity contribution in [3.8, 4) is 11.5 Å². The van der Waals surface area contributed by atoms with E-state index in [-0.39, 0.29) is 6.10 Å². The molecule has 0 spiro atoms. The highest BCUT2D eigenvalue weighted by Crippen LogP contribution is 2.30. The van der Waals surface area contributed by atoms with Gasteiger partial charge in [0.15, 0.2) is 0 Å². The van der Waals surface area contributed by atoms with Crippen molar-refractivity contribution in [1.82, 2.24) is 10.3 Å². The van der Waals surface area contributed by atoms with E-state index in [1.165, 1.54) is 16.5 Å². The minimum Gasteiger partial charge on any atom is -0.496 e. The zero-order valence-electron chi connectivity index (χ0n) is 22.0. The number of nitrogens with one attached hydrogen (secondary N) is 1. The number of para-hydroxylation sites is 1. The van der Waals surface area contributed by atoms with Gasteiger partial charge in [0, 0.05) is 42.2 Å². The summed E-state index contributed by atoms with van der Waals surface area (Å²) in [7, 11) is 1.68. The van der Waals surface area contributed by atoms with E-state index in [0.29, 0.717) is 32.3 Å². The molecule has 3 aromatic carbocycles. The Morgan fingerprint density at radius 1 is 0.921 bits per heavy atom. The van der Waals surface area contributed by atoms with Crippen molar-refractivity contribution in [2.45, 2.75) is 38.1 Å². The lowest BCUT2D eigenvalue weighted by Gasteiger charge is -2.32. The molecule has 6 nitrogen and oxygen atoms in total. The average molecular weight is 513 g/mol. The van der Waals surface area contributed by atoms with Crippen LogP contribution in [0.3, 0.4) is 0 Å². The van der Waals surface area contributed by atoms with Crippen LogP contribution in [0.2, 0.25) is 0 Å². The molecule has 6 heteroatoms. The molecule has 0 bridgehead atoms. The van der Waals surface area contributed by atoms with E-state index in [1.54, 1.807) is 7.11 Å². The summed E-state index contributed by atoms with van der Waals surface area (Å²) in [6, 6.07) is 24.9. The van der Waals surface area contributed by atoms with Crippen molar-refractivity contribution >= 4 is 10.8 Å². The fourth-order valence-electron chi connectivity index (χ4n) is 4.98. The van der Waals surface area contributed by atoms with Gasteiger partial charge in [0.25, 0.3) is 0 Å². The molecule has 0 amide bonds. The SMILES string of the molecule is COc1ccccc1COCCCOc1ccc([C@H]2CCNC[C@@H]2OCc2ccc3ccncc3c2)cc1. The highest BCUT2D eigenvalue weighted by atomic mass is 16.5. The van der Waals surface area contributed by atoms with Gasteiger partial charge in [-0.2, -0.15) is 0 Å². The van der Waals surface area contributed by atoms with E-state index in [1.807, 2.05) is 42.7 Å². The molecule has 198 valence electrons. The number of fused-ring (bicyclic) bond motifs is 1. The lowest BCUT2D eigenvalue weighted by atomic mass is 9.87. The van der Waals surface area contributed by atoms with Crippen LogP contribution in [0.5, 0.6) is 11.5 Å². The summed E-state index contributed by atoms with van der Waals surface area (Å²) < 4.78 is 23.6. The Balaban J connectivity index is 1.08. The Morgan fingerprint density at radius 2 is 1.82 bits per heavy atom. The van der Waals surface area contributed by atoms with Crippen LogP contribution in [0.4, 0.5) is 0 Å². The van der Waals surface area contributed by atoms with Crippen molar-refractivity contribution < 1.29 is 18.9 Å². The van der Waals surface area contributed by atoms with E-state index in [4.69, 9.17) is 18.9 Å². The molecule has 1 saturated heterocycles. The third kappa shape index (κ3) is 6.90. The molecule has 0 aliphatic carbocycles. The molecule has 5 rings (SSSR count). The third-order valence-electron chi connectivity index (χ3n) is 7.06. The fraction of sp³-hybridized carbons (Fsp3) is 0.344. The Kier molecular flexibility index (Phi) is 9.21. The topological polar surface area (TPSA) is 61.8 Å². The van der Waals surface area contributed by atoms with Crippen molar-refractivity contribution in [2.75, 3.05) is 33.4 Å². The van der Waals surface area contributed by atoms with Crippen molar-refractivity contribution in [3.05, 3.63) is 102 Å². The van der Waals surface area contributed by atoms with Gasteiger partial charge in [-0.05, 0) is 59.8 Å². The van der Waals surface area contributed by atoms with Gasteiger partial charge < -0.3 is 24.3 Å². The van der Waals surface area contributed by atoms with Crippen LogP contribution in [0.1, 0.15) is 35.4 Å². The standard InChI is InChI=1S/C32H36N2O4/c1-35-31-6-3-2-5-27(31)23-36-17-4-18-37-29-11-9-26(10-12-29)30-14-16-34-21-32(30)38-22-24-7-8-25-13-15-33-20-28(25)19-24/h2-3,5-13,15,19-20,30,32,34H,4,14,16-18,21-23H2,1H3/t30-,32+/m1/s1. The van der Waals surface area contributed by atoms with Gasteiger partial charge in [0.2, 0.25) is 0 Å². The molecular formula is C32H36N2O4. The minimum atomic E-state index is 0.125. The highest BCUT2D eigenvalue weighted by molar-refractivity contribution is 5.81. The molecule has 0 unspecified atom stereocenters. The van der Waals surface area contributed by atoms with E-state index >= 15 is 0 Å². The molecule has 2 heterocycles. The second kappa shape index (κ2) is 13.4. The van der Waals surface area contributed by atoms with Crippen LogP contribution in [0, 0.1) is 0 Å². The summed E-state index contributed by atoms with van der Waals surface area (Å²) in [5.74, 6) is 2.10. The second-order valence-corrected chi connectivity index (χ2v) is 9.64. The Bertz CT molecular complexity index is 1290. The summed E-state index contributed by atoms with van der Waals surface area (Å²) in [6.45, 7) is 4.24. The van der Waals surface area contributed by atoms with Gasteiger partial charge in [-0.1, -0.05) is 42.5 Å². The molecule has 1 N–H and O–H groups in total. The number of rotatable bonds is 12. The molecule has 4 aromatic rings. The molecule has 0 saturated carbocycles. The van der Waals surface area contributed by atoms with Crippen molar-refractivity contribution in [3.63, 3.8) is 0 Å². The van der Waals surface area contributed by atoms with Crippen LogP contribution in [0.25, 0.3) is 10.8 Å². The number of piperidine rings is 1. The number of hydrogen-bond acceptors (Lipinski definition) is 6. The molecule has 2 atom stereocenters. The second-order valence-electron chi connectivity index (χ2n) is 9.64. The lowest BCUT2D eigenvalue weighted by molar-refractivity contribution is 0.0106. The van der Waals surface area contributed by atoms with Crippen LogP contribution in [-0.2, 0) is 22.7 Å². The normalized spacial score (nSPS) is 17.4. The first kappa shape index (κ1) is 26.2. The first-order valence-electron chi connectivity index (χ1n) is 13.4. The van der Waals surface area contributed by atoms with Crippen LogP contribution < -0.4 is 14.8 Å². The van der Waals surface area contributed by atoms with Crippen molar-refractivity contribution in [1.29, 1.82) is 0 Å². The summed E-state index contributed by atoms with van der Waals surface area (Å²) in [4.78, 5) is 4.24. The zero-order valence-corrected chi connectivity index (χ0v) is 22.0. The van der Waals surface area contributed by atoms with E-state index in [2.05, 4.69) is 52.8 Å².